The normalized spacial score (nSPS) is 37.2. The number of carbonyl (C=O) groups is 1. The molecule has 1 aliphatic carbocycles. The first-order valence-corrected chi connectivity index (χ1v) is 8.04. The Kier molecular flexibility index (Phi) is 3.96. The first kappa shape index (κ1) is 15.8. The average molecular weight is 282 g/mol. The highest BCUT2D eigenvalue weighted by Crippen LogP contribution is 2.62. The maximum atomic E-state index is 12.2. The highest BCUT2D eigenvalue weighted by molar-refractivity contribution is 5.85. The van der Waals surface area contributed by atoms with Gasteiger partial charge in [0.15, 0.2) is 5.60 Å². The van der Waals surface area contributed by atoms with Crippen molar-refractivity contribution in [3.8, 4) is 0 Å². The van der Waals surface area contributed by atoms with Crippen molar-refractivity contribution in [3.63, 3.8) is 0 Å². The lowest BCUT2D eigenvalue weighted by atomic mass is 9.64. The molecule has 2 rings (SSSR count). The standard InChI is InChI=1S/C17H30O3/c1-7-15(4,5)13-8-10-16(11-9-13)17(20-16,12(2)3)14(18)19-6/h12-13H,7-11H2,1-6H3. The van der Waals surface area contributed by atoms with Gasteiger partial charge in [-0.1, -0.05) is 41.0 Å². The van der Waals surface area contributed by atoms with Crippen molar-refractivity contribution in [2.24, 2.45) is 17.3 Å². The van der Waals surface area contributed by atoms with Crippen LogP contribution in [0.3, 0.4) is 0 Å². The van der Waals surface area contributed by atoms with Gasteiger partial charge in [0.1, 0.15) is 5.60 Å². The number of esters is 1. The Morgan fingerprint density at radius 2 is 1.90 bits per heavy atom. The van der Waals surface area contributed by atoms with E-state index in [0.29, 0.717) is 5.41 Å². The van der Waals surface area contributed by atoms with Crippen LogP contribution in [-0.2, 0) is 14.3 Å². The van der Waals surface area contributed by atoms with Gasteiger partial charge in [0.25, 0.3) is 0 Å². The topological polar surface area (TPSA) is 38.8 Å². The van der Waals surface area contributed by atoms with Crippen LogP contribution in [0.5, 0.6) is 0 Å². The van der Waals surface area contributed by atoms with E-state index in [-0.39, 0.29) is 17.5 Å². The summed E-state index contributed by atoms with van der Waals surface area (Å²) >= 11 is 0. The van der Waals surface area contributed by atoms with E-state index in [1.54, 1.807) is 0 Å². The molecule has 2 aliphatic rings. The molecule has 3 heteroatoms. The van der Waals surface area contributed by atoms with Crippen LogP contribution < -0.4 is 0 Å². The van der Waals surface area contributed by atoms with Crippen molar-refractivity contribution in [3.05, 3.63) is 0 Å². The van der Waals surface area contributed by atoms with Gasteiger partial charge in [-0.25, -0.2) is 4.79 Å². The number of hydrogen-bond acceptors (Lipinski definition) is 3. The van der Waals surface area contributed by atoms with Crippen LogP contribution >= 0.6 is 0 Å². The van der Waals surface area contributed by atoms with Crippen LogP contribution in [0.4, 0.5) is 0 Å². The van der Waals surface area contributed by atoms with E-state index >= 15 is 0 Å². The Bertz CT molecular complexity index is 378. The lowest BCUT2D eigenvalue weighted by molar-refractivity contribution is -0.148. The fourth-order valence-corrected chi connectivity index (χ4v) is 4.17. The van der Waals surface area contributed by atoms with Crippen LogP contribution in [0.25, 0.3) is 0 Å². The zero-order chi connectivity index (χ0) is 15.2. The van der Waals surface area contributed by atoms with Crippen LogP contribution in [0.1, 0.15) is 66.7 Å². The zero-order valence-corrected chi connectivity index (χ0v) is 13.9. The average Bonchev–Trinajstić information content (AvgIpc) is 3.08. The van der Waals surface area contributed by atoms with Crippen LogP contribution in [0.2, 0.25) is 0 Å². The Hall–Kier alpha value is -0.570. The summed E-state index contributed by atoms with van der Waals surface area (Å²) < 4.78 is 11.1. The summed E-state index contributed by atoms with van der Waals surface area (Å²) in [5, 5.41) is 0. The van der Waals surface area contributed by atoms with Crippen LogP contribution in [0.15, 0.2) is 0 Å². The fraction of sp³-hybridized carbons (Fsp3) is 0.941. The van der Waals surface area contributed by atoms with Gasteiger partial charge in [-0.15, -0.1) is 0 Å². The molecule has 1 unspecified atom stereocenters. The van der Waals surface area contributed by atoms with Crippen molar-refractivity contribution in [1.29, 1.82) is 0 Å². The van der Waals surface area contributed by atoms with Gasteiger partial charge in [0.2, 0.25) is 0 Å². The van der Waals surface area contributed by atoms with E-state index in [0.717, 1.165) is 31.6 Å². The third-order valence-corrected chi connectivity index (χ3v) is 6.10. The summed E-state index contributed by atoms with van der Waals surface area (Å²) in [4.78, 5) is 12.2. The van der Waals surface area contributed by atoms with Gasteiger partial charge >= 0.3 is 5.97 Å². The predicted molar refractivity (Wildman–Crippen MR) is 79.4 cm³/mol. The SMILES string of the molecule is CCC(C)(C)C1CCC2(CC1)OC2(C(=O)OC)C(C)C. The van der Waals surface area contributed by atoms with Crippen LogP contribution in [0, 0.1) is 17.3 Å². The fourth-order valence-electron chi connectivity index (χ4n) is 4.17. The Balaban J connectivity index is 2.09. The van der Waals surface area contributed by atoms with Gasteiger partial charge in [0.05, 0.1) is 7.11 Å². The smallest absolute Gasteiger partial charge is 0.341 e. The second-order valence-electron chi connectivity index (χ2n) is 7.59. The second kappa shape index (κ2) is 5.01. The molecule has 1 atom stereocenters. The summed E-state index contributed by atoms with van der Waals surface area (Å²) in [6.07, 6.45) is 5.51. The molecular formula is C17H30O3. The molecule has 1 heterocycles. The van der Waals surface area contributed by atoms with Crippen molar-refractivity contribution in [2.75, 3.05) is 7.11 Å². The molecule has 0 N–H and O–H groups in total. The summed E-state index contributed by atoms with van der Waals surface area (Å²) in [6.45, 7) is 11.1. The summed E-state index contributed by atoms with van der Waals surface area (Å²) in [5.74, 6) is 0.733. The number of rotatable bonds is 4. The van der Waals surface area contributed by atoms with Gasteiger partial charge in [-0.2, -0.15) is 0 Å². The van der Waals surface area contributed by atoms with E-state index in [1.165, 1.54) is 13.5 Å². The molecular weight excluding hydrogens is 252 g/mol. The molecule has 20 heavy (non-hydrogen) atoms. The largest absolute Gasteiger partial charge is 0.467 e. The van der Waals surface area contributed by atoms with E-state index in [2.05, 4.69) is 34.6 Å². The minimum atomic E-state index is -0.678. The minimum Gasteiger partial charge on any atom is -0.467 e. The molecule has 1 spiro atoms. The molecule has 116 valence electrons. The van der Waals surface area contributed by atoms with Gasteiger partial charge in [-0.3, -0.25) is 0 Å². The molecule has 2 fully saturated rings. The number of hydrogen-bond donors (Lipinski definition) is 0. The number of methoxy groups -OCH3 is 1. The third kappa shape index (κ3) is 2.09. The molecule has 0 aromatic carbocycles. The lowest BCUT2D eigenvalue weighted by Crippen LogP contribution is -2.43. The van der Waals surface area contributed by atoms with Crippen molar-refractivity contribution < 1.29 is 14.3 Å². The van der Waals surface area contributed by atoms with Crippen molar-refractivity contribution in [1.82, 2.24) is 0 Å². The molecule has 0 aromatic rings. The molecule has 1 aliphatic heterocycles. The van der Waals surface area contributed by atoms with Crippen molar-refractivity contribution in [2.45, 2.75) is 77.9 Å². The molecule has 3 nitrogen and oxygen atoms in total. The Morgan fingerprint density at radius 3 is 2.30 bits per heavy atom. The van der Waals surface area contributed by atoms with Crippen molar-refractivity contribution >= 4 is 5.97 Å². The predicted octanol–water partition coefficient (Wildman–Crippen LogP) is 3.95. The summed E-state index contributed by atoms with van der Waals surface area (Å²) in [6, 6.07) is 0. The van der Waals surface area contributed by atoms with E-state index in [9.17, 15) is 4.79 Å². The van der Waals surface area contributed by atoms with E-state index in [4.69, 9.17) is 9.47 Å². The number of carbonyl (C=O) groups excluding carboxylic acids is 1. The highest BCUT2D eigenvalue weighted by atomic mass is 16.7. The Labute approximate surface area is 123 Å². The second-order valence-corrected chi connectivity index (χ2v) is 7.59. The summed E-state index contributed by atoms with van der Waals surface area (Å²) in [5.41, 5.74) is -0.528. The summed E-state index contributed by atoms with van der Waals surface area (Å²) in [7, 11) is 1.47. The van der Waals surface area contributed by atoms with Crippen LogP contribution in [-0.4, -0.2) is 24.3 Å². The Morgan fingerprint density at radius 1 is 1.35 bits per heavy atom. The quantitative estimate of drug-likeness (QED) is 0.579. The molecule has 1 saturated carbocycles. The van der Waals surface area contributed by atoms with Gasteiger partial charge < -0.3 is 9.47 Å². The number of ether oxygens (including phenoxy) is 2. The lowest BCUT2D eigenvalue weighted by Gasteiger charge is -2.39. The van der Waals surface area contributed by atoms with Gasteiger partial charge in [-0.05, 0) is 42.9 Å². The zero-order valence-electron chi connectivity index (χ0n) is 13.9. The molecule has 0 radical (unpaired) electrons. The van der Waals surface area contributed by atoms with E-state index in [1.807, 2.05) is 0 Å². The maximum absolute atomic E-state index is 12.2. The first-order valence-electron chi connectivity index (χ1n) is 8.04. The first-order chi connectivity index (χ1) is 9.25. The van der Waals surface area contributed by atoms with E-state index < -0.39 is 5.60 Å². The monoisotopic (exact) mass is 282 g/mol. The third-order valence-electron chi connectivity index (χ3n) is 6.10. The molecule has 1 saturated heterocycles. The highest BCUT2D eigenvalue weighted by Gasteiger charge is 2.76. The minimum absolute atomic E-state index is 0.172. The molecule has 0 bridgehead atoms. The number of epoxide rings is 1. The molecule has 0 amide bonds. The van der Waals surface area contributed by atoms with Gasteiger partial charge in [0, 0.05) is 0 Å². The maximum Gasteiger partial charge on any atom is 0.341 e. The molecule has 0 aromatic heterocycles.